The van der Waals surface area contributed by atoms with Gasteiger partial charge in [0.25, 0.3) is 15.7 Å². The largest absolute Gasteiger partial charge is 0.487 e. The highest BCUT2D eigenvalue weighted by atomic mass is 32.2. The number of hydrogen-bond acceptors (Lipinski definition) is 8. The Labute approximate surface area is 186 Å². The minimum Gasteiger partial charge on any atom is -0.487 e. The molecule has 0 aliphatic carbocycles. The Morgan fingerprint density at radius 1 is 1.28 bits per heavy atom. The van der Waals surface area contributed by atoms with Crippen molar-refractivity contribution in [3.05, 3.63) is 63.6 Å². The molecule has 2 unspecified atom stereocenters. The average Bonchev–Trinajstić information content (AvgIpc) is 2.70. The molecule has 3 rings (SSSR count). The molecular formula is C22H24N2O7S. The first-order valence-electron chi connectivity index (χ1n) is 9.93. The highest BCUT2D eigenvalue weighted by molar-refractivity contribution is 7.85. The van der Waals surface area contributed by atoms with Gasteiger partial charge in [-0.3, -0.25) is 8.98 Å². The van der Waals surface area contributed by atoms with Crippen molar-refractivity contribution in [2.75, 3.05) is 19.5 Å². The lowest BCUT2D eigenvalue weighted by Gasteiger charge is -2.45. The Morgan fingerprint density at radius 2 is 2.00 bits per heavy atom. The van der Waals surface area contributed by atoms with Gasteiger partial charge in [0.1, 0.15) is 11.4 Å². The Balaban J connectivity index is 2.18. The minimum atomic E-state index is -3.76. The van der Waals surface area contributed by atoms with Crippen molar-refractivity contribution >= 4 is 16.1 Å². The maximum Gasteiger partial charge on any atom is 0.338 e. The van der Waals surface area contributed by atoms with Crippen molar-refractivity contribution in [3.8, 4) is 11.8 Å². The van der Waals surface area contributed by atoms with Crippen LogP contribution in [0.4, 0.5) is 0 Å². The summed E-state index contributed by atoms with van der Waals surface area (Å²) in [5.74, 6) is -0.769. The van der Waals surface area contributed by atoms with Crippen LogP contribution in [0.2, 0.25) is 0 Å². The van der Waals surface area contributed by atoms with E-state index in [1.165, 1.54) is 22.9 Å². The first-order valence-corrected chi connectivity index (χ1v) is 11.7. The number of benzene rings is 1. The third-order valence-corrected chi connectivity index (χ3v) is 5.89. The number of aromatic nitrogens is 1. The Bertz CT molecular complexity index is 1240. The standard InChI is InChI=1S/C22H24N2O7S/c1-5-29-21(26)15-8-9-24(19(25)11-15)20-16-10-14(12-23)6-7-18(16)31-22(2,3)17(20)13-30-32(4,27)28/h6-11,17,20H,5,13H2,1-4H3. The highest BCUT2D eigenvalue weighted by Gasteiger charge is 2.46. The van der Waals surface area contributed by atoms with Crippen molar-refractivity contribution in [2.24, 2.45) is 5.92 Å². The van der Waals surface area contributed by atoms with Gasteiger partial charge in [0.15, 0.2) is 0 Å². The second kappa shape index (κ2) is 8.76. The van der Waals surface area contributed by atoms with Crippen LogP contribution in [0.25, 0.3) is 0 Å². The number of nitrogens with zero attached hydrogens (tertiary/aromatic N) is 2. The number of rotatable bonds is 6. The molecule has 2 aromatic rings. The number of esters is 1. The number of fused-ring (bicyclic) bond motifs is 1. The molecule has 2 heterocycles. The van der Waals surface area contributed by atoms with Crippen molar-refractivity contribution in [2.45, 2.75) is 32.4 Å². The fourth-order valence-electron chi connectivity index (χ4n) is 3.79. The molecule has 32 heavy (non-hydrogen) atoms. The summed E-state index contributed by atoms with van der Waals surface area (Å²) in [7, 11) is -3.76. The van der Waals surface area contributed by atoms with E-state index in [4.69, 9.17) is 13.7 Å². The fourth-order valence-corrected chi connectivity index (χ4v) is 4.19. The average molecular weight is 461 g/mol. The molecule has 1 aromatic carbocycles. The minimum absolute atomic E-state index is 0.106. The summed E-state index contributed by atoms with van der Waals surface area (Å²) in [5, 5.41) is 9.36. The molecule has 0 fully saturated rings. The molecule has 1 aliphatic rings. The summed E-state index contributed by atoms with van der Waals surface area (Å²) in [6.07, 6.45) is 2.40. The van der Waals surface area contributed by atoms with Gasteiger partial charge in [0.2, 0.25) is 0 Å². The van der Waals surface area contributed by atoms with Crippen molar-refractivity contribution in [3.63, 3.8) is 0 Å². The van der Waals surface area contributed by atoms with Gasteiger partial charge in [-0.2, -0.15) is 13.7 Å². The van der Waals surface area contributed by atoms with Gasteiger partial charge in [-0.05, 0) is 45.0 Å². The van der Waals surface area contributed by atoms with E-state index in [9.17, 15) is 23.3 Å². The first kappa shape index (κ1) is 23.5. The molecule has 0 saturated carbocycles. The first-order chi connectivity index (χ1) is 15.0. The Morgan fingerprint density at radius 3 is 2.59 bits per heavy atom. The van der Waals surface area contributed by atoms with Crippen LogP contribution in [0.1, 0.15) is 48.3 Å². The SMILES string of the molecule is CCOC(=O)c1ccn(C2c3cc(C#N)ccc3OC(C)(C)C2COS(C)(=O)=O)c(=O)c1. The summed E-state index contributed by atoms with van der Waals surface area (Å²) < 4.78 is 40.9. The molecule has 0 N–H and O–H groups in total. The molecule has 0 saturated heterocycles. The molecule has 170 valence electrons. The summed E-state index contributed by atoms with van der Waals surface area (Å²) in [6, 6.07) is 8.83. The van der Waals surface area contributed by atoms with Crippen LogP contribution in [-0.2, 0) is 19.0 Å². The molecular weight excluding hydrogens is 436 g/mol. The van der Waals surface area contributed by atoms with Crippen LogP contribution in [-0.4, -0.2) is 44.0 Å². The zero-order valence-corrected chi connectivity index (χ0v) is 19.0. The lowest BCUT2D eigenvalue weighted by molar-refractivity contribution is -0.0171. The van der Waals surface area contributed by atoms with E-state index in [1.807, 2.05) is 0 Å². The van der Waals surface area contributed by atoms with E-state index in [0.29, 0.717) is 16.9 Å². The monoisotopic (exact) mass is 460 g/mol. The molecule has 10 heteroatoms. The number of hydrogen-bond donors (Lipinski definition) is 0. The maximum absolute atomic E-state index is 13.1. The molecule has 2 atom stereocenters. The topological polar surface area (TPSA) is 125 Å². The van der Waals surface area contributed by atoms with E-state index < -0.39 is 39.2 Å². The van der Waals surface area contributed by atoms with Gasteiger partial charge in [0.05, 0.1) is 42.7 Å². The second-order valence-corrected chi connectivity index (χ2v) is 9.64. The number of ether oxygens (including phenoxy) is 2. The smallest absolute Gasteiger partial charge is 0.338 e. The predicted molar refractivity (Wildman–Crippen MR) is 115 cm³/mol. The van der Waals surface area contributed by atoms with E-state index in [-0.39, 0.29) is 18.8 Å². The van der Waals surface area contributed by atoms with Gasteiger partial charge in [-0.1, -0.05) is 0 Å². The highest BCUT2D eigenvalue weighted by Crippen LogP contribution is 2.45. The van der Waals surface area contributed by atoms with Crippen molar-refractivity contribution < 1.29 is 26.9 Å². The number of nitriles is 1. The van der Waals surface area contributed by atoms with Crippen LogP contribution in [0, 0.1) is 17.2 Å². The molecule has 0 bridgehead atoms. The molecule has 9 nitrogen and oxygen atoms in total. The van der Waals surface area contributed by atoms with Gasteiger partial charge in [-0.25, -0.2) is 4.79 Å². The third-order valence-electron chi connectivity index (χ3n) is 5.33. The molecule has 1 aliphatic heterocycles. The number of pyridine rings is 1. The summed E-state index contributed by atoms with van der Waals surface area (Å²) in [5.41, 5.74) is -0.409. The zero-order valence-electron chi connectivity index (χ0n) is 18.2. The van der Waals surface area contributed by atoms with Gasteiger partial charge in [-0.15, -0.1) is 0 Å². The molecule has 0 amide bonds. The van der Waals surface area contributed by atoms with Gasteiger partial charge in [0, 0.05) is 23.7 Å². The van der Waals surface area contributed by atoms with E-state index in [1.54, 1.807) is 39.0 Å². The fraction of sp³-hybridized carbons (Fsp3) is 0.409. The Hall–Kier alpha value is -3.16. The van der Waals surface area contributed by atoms with Crippen LogP contribution >= 0.6 is 0 Å². The van der Waals surface area contributed by atoms with Gasteiger partial charge < -0.3 is 14.0 Å². The van der Waals surface area contributed by atoms with E-state index in [0.717, 1.165) is 6.26 Å². The van der Waals surface area contributed by atoms with Crippen LogP contribution in [0.3, 0.4) is 0 Å². The lowest BCUT2D eigenvalue weighted by atomic mass is 9.78. The second-order valence-electron chi connectivity index (χ2n) is 7.99. The van der Waals surface area contributed by atoms with Crippen molar-refractivity contribution in [1.82, 2.24) is 4.57 Å². The maximum atomic E-state index is 13.1. The van der Waals surface area contributed by atoms with Gasteiger partial charge >= 0.3 is 5.97 Å². The normalized spacial score (nSPS) is 19.3. The lowest BCUT2D eigenvalue weighted by Crippen LogP contribution is -2.50. The third kappa shape index (κ3) is 4.84. The summed E-state index contributed by atoms with van der Waals surface area (Å²) in [6.45, 7) is 5.13. The zero-order chi connectivity index (χ0) is 23.7. The van der Waals surface area contributed by atoms with Crippen LogP contribution in [0.15, 0.2) is 41.3 Å². The van der Waals surface area contributed by atoms with Crippen molar-refractivity contribution in [1.29, 1.82) is 5.26 Å². The Kier molecular flexibility index (Phi) is 6.44. The number of carbonyl (C=O) groups excluding carboxylic acids is 1. The van der Waals surface area contributed by atoms with Crippen LogP contribution in [0.5, 0.6) is 5.75 Å². The van der Waals surface area contributed by atoms with Crippen LogP contribution < -0.4 is 10.3 Å². The van der Waals surface area contributed by atoms with E-state index in [2.05, 4.69) is 6.07 Å². The quantitative estimate of drug-likeness (QED) is 0.475. The van der Waals surface area contributed by atoms with E-state index >= 15 is 0 Å². The molecule has 0 spiro atoms. The number of carbonyl (C=O) groups is 1. The molecule has 1 aromatic heterocycles. The summed E-state index contributed by atoms with van der Waals surface area (Å²) >= 11 is 0. The predicted octanol–water partition coefficient (Wildman–Crippen LogP) is 2.25. The molecule has 0 radical (unpaired) electrons. The summed E-state index contributed by atoms with van der Waals surface area (Å²) in [4.78, 5) is 25.1.